The van der Waals surface area contributed by atoms with Gasteiger partial charge in [-0.3, -0.25) is 13.9 Å². The minimum Gasteiger partial charge on any atom is -0.354 e. The maximum absolute atomic E-state index is 13.8. The highest BCUT2D eigenvalue weighted by Gasteiger charge is 2.32. The summed E-state index contributed by atoms with van der Waals surface area (Å²) >= 11 is 9.59. The van der Waals surface area contributed by atoms with Crippen molar-refractivity contribution in [1.29, 1.82) is 0 Å². The fraction of sp³-hybridized carbons (Fsp3) is 0.286. The molecule has 10 heteroatoms. The molecule has 0 aromatic heterocycles. The Bertz CT molecular complexity index is 1350. The lowest BCUT2D eigenvalue weighted by molar-refractivity contribution is -0.139. The van der Waals surface area contributed by atoms with Crippen molar-refractivity contribution in [1.82, 2.24) is 10.2 Å². The van der Waals surface area contributed by atoms with Crippen LogP contribution in [-0.4, -0.2) is 44.3 Å². The number of halogens is 2. The van der Waals surface area contributed by atoms with E-state index in [1.165, 1.54) is 23.1 Å². The molecule has 0 spiro atoms. The van der Waals surface area contributed by atoms with E-state index in [-0.39, 0.29) is 29.0 Å². The first-order chi connectivity index (χ1) is 18.0. The highest BCUT2D eigenvalue weighted by Crippen LogP contribution is 2.27. The van der Waals surface area contributed by atoms with Gasteiger partial charge in [-0.25, -0.2) is 8.42 Å². The summed E-state index contributed by atoms with van der Waals surface area (Å²) in [6.07, 6.45) is 0. The average molecular weight is 621 g/mol. The first-order valence-electron chi connectivity index (χ1n) is 12.1. The number of hydrogen-bond donors (Lipinski definition) is 1. The average Bonchev–Trinajstić information content (AvgIpc) is 2.89. The molecule has 0 aliphatic heterocycles. The number of sulfonamides is 1. The molecule has 0 saturated carbocycles. The normalized spacial score (nSPS) is 12.2. The van der Waals surface area contributed by atoms with Crippen LogP contribution < -0.4 is 9.62 Å². The lowest BCUT2D eigenvalue weighted by Crippen LogP contribution is -2.51. The molecule has 38 heavy (non-hydrogen) atoms. The molecule has 0 radical (unpaired) electrons. The van der Waals surface area contributed by atoms with Crippen LogP contribution in [0.15, 0.2) is 88.2 Å². The lowest BCUT2D eigenvalue weighted by atomic mass is 10.1. The van der Waals surface area contributed by atoms with E-state index in [9.17, 15) is 18.0 Å². The summed E-state index contributed by atoms with van der Waals surface area (Å²) in [5.74, 6) is -0.611. The molecule has 0 bridgehead atoms. The van der Waals surface area contributed by atoms with Crippen LogP contribution in [0.3, 0.4) is 0 Å². The molecular weight excluding hydrogens is 590 g/mol. The van der Waals surface area contributed by atoms with Crippen LogP contribution in [0.1, 0.15) is 26.3 Å². The van der Waals surface area contributed by atoms with Gasteiger partial charge in [-0.1, -0.05) is 77.8 Å². The largest absolute Gasteiger partial charge is 0.354 e. The standard InChI is InChI=1S/C28H31BrClN3O4S/c1-20(2)17-31-28(35)21(3)32(18-22-12-14-23(29)15-13-22)27(34)19-33(25-9-7-8-24(30)16-25)38(36,37)26-10-5-4-6-11-26/h4-16,20-21H,17-19H2,1-3H3,(H,31,35). The number of rotatable bonds is 11. The third-order valence-corrected chi connectivity index (χ3v) is 8.38. The third-order valence-electron chi connectivity index (χ3n) is 5.82. The van der Waals surface area contributed by atoms with E-state index in [0.29, 0.717) is 11.6 Å². The van der Waals surface area contributed by atoms with Crippen molar-refractivity contribution in [3.63, 3.8) is 0 Å². The highest BCUT2D eigenvalue weighted by atomic mass is 79.9. The predicted octanol–water partition coefficient (Wildman–Crippen LogP) is 5.49. The Labute approximate surface area is 238 Å². The van der Waals surface area contributed by atoms with Crippen LogP contribution in [0.2, 0.25) is 5.02 Å². The van der Waals surface area contributed by atoms with E-state index in [1.807, 2.05) is 38.1 Å². The van der Waals surface area contributed by atoms with Gasteiger partial charge in [-0.15, -0.1) is 0 Å². The van der Waals surface area contributed by atoms with Gasteiger partial charge < -0.3 is 10.2 Å². The van der Waals surface area contributed by atoms with E-state index < -0.39 is 28.5 Å². The van der Waals surface area contributed by atoms with Gasteiger partial charge >= 0.3 is 0 Å². The highest BCUT2D eigenvalue weighted by molar-refractivity contribution is 9.10. The molecule has 2 amide bonds. The molecule has 0 heterocycles. The molecule has 0 fully saturated rings. The van der Waals surface area contributed by atoms with Crippen LogP contribution in [0, 0.1) is 5.92 Å². The number of nitrogens with one attached hydrogen (secondary N) is 1. The SMILES string of the molecule is CC(C)CNC(=O)C(C)N(Cc1ccc(Br)cc1)C(=O)CN(c1cccc(Cl)c1)S(=O)(=O)c1ccccc1. The Morgan fingerprint density at radius 3 is 2.21 bits per heavy atom. The first kappa shape index (κ1) is 29.7. The molecule has 3 aromatic carbocycles. The molecule has 7 nitrogen and oxygen atoms in total. The van der Waals surface area contributed by atoms with Crippen LogP contribution in [0.5, 0.6) is 0 Å². The molecule has 1 atom stereocenters. The maximum Gasteiger partial charge on any atom is 0.264 e. The third kappa shape index (κ3) is 7.82. The maximum atomic E-state index is 13.8. The molecule has 1 N–H and O–H groups in total. The molecule has 202 valence electrons. The summed E-state index contributed by atoms with van der Waals surface area (Å²) in [6.45, 7) is 5.66. The van der Waals surface area contributed by atoms with E-state index in [4.69, 9.17) is 11.6 Å². The van der Waals surface area contributed by atoms with Crippen molar-refractivity contribution in [2.45, 2.75) is 38.3 Å². The minimum atomic E-state index is -4.12. The Morgan fingerprint density at radius 1 is 0.947 bits per heavy atom. The zero-order chi connectivity index (χ0) is 27.9. The second-order valence-electron chi connectivity index (χ2n) is 9.27. The summed E-state index contributed by atoms with van der Waals surface area (Å²) in [7, 11) is -4.12. The summed E-state index contributed by atoms with van der Waals surface area (Å²) in [6, 6.07) is 20.8. The molecule has 3 rings (SSSR count). The summed E-state index contributed by atoms with van der Waals surface area (Å²) in [5, 5.41) is 3.20. The number of nitrogens with zero attached hydrogens (tertiary/aromatic N) is 2. The van der Waals surface area contributed by atoms with Gasteiger partial charge in [0.05, 0.1) is 10.6 Å². The van der Waals surface area contributed by atoms with Crippen molar-refractivity contribution >= 4 is 55.1 Å². The Morgan fingerprint density at radius 2 is 1.61 bits per heavy atom. The fourth-order valence-electron chi connectivity index (χ4n) is 3.70. The van der Waals surface area contributed by atoms with Crippen molar-refractivity contribution in [3.05, 3.63) is 93.9 Å². The predicted molar refractivity (Wildman–Crippen MR) is 154 cm³/mol. The Hall–Kier alpha value is -2.88. The fourth-order valence-corrected chi connectivity index (χ4v) is 5.58. The quantitative estimate of drug-likeness (QED) is 0.307. The van der Waals surface area contributed by atoms with E-state index >= 15 is 0 Å². The van der Waals surface area contributed by atoms with Crippen LogP contribution >= 0.6 is 27.5 Å². The number of hydrogen-bond acceptors (Lipinski definition) is 4. The van der Waals surface area contributed by atoms with Gasteiger partial charge in [0.25, 0.3) is 10.0 Å². The van der Waals surface area contributed by atoms with Crippen molar-refractivity contribution in [2.24, 2.45) is 5.92 Å². The van der Waals surface area contributed by atoms with Crippen LogP contribution in [0.4, 0.5) is 5.69 Å². The number of carbonyl (C=O) groups excluding carboxylic acids is 2. The Kier molecular flexibility index (Phi) is 10.4. The Balaban J connectivity index is 1.99. The van der Waals surface area contributed by atoms with Crippen molar-refractivity contribution < 1.29 is 18.0 Å². The molecule has 0 saturated heterocycles. The number of carbonyl (C=O) groups is 2. The van der Waals surface area contributed by atoms with Gasteiger partial charge in [0.15, 0.2) is 0 Å². The van der Waals surface area contributed by atoms with Crippen molar-refractivity contribution in [3.8, 4) is 0 Å². The molecule has 0 aliphatic carbocycles. The zero-order valence-corrected chi connectivity index (χ0v) is 24.6. The molecule has 0 aliphatic rings. The van der Waals surface area contributed by atoms with Crippen LogP contribution in [0.25, 0.3) is 0 Å². The van der Waals surface area contributed by atoms with Gasteiger partial charge in [-0.05, 0) is 60.9 Å². The molecule has 1 unspecified atom stereocenters. The van der Waals surface area contributed by atoms with Gasteiger partial charge in [0.2, 0.25) is 11.8 Å². The van der Waals surface area contributed by atoms with E-state index in [0.717, 1.165) is 14.3 Å². The second kappa shape index (κ2) is 13.3. The number of benzene rings is 3. The van der Waals surface area contributed by atoms with Gasteiger partial charge in [-0.2, -0.15) is 0 Å². The van der Waals surface area contributed by atoms with Gasteiger partial charge in [0.1, 0.15) is 12.6 Å². The summed E-state index contributed by atoms with van der Waals surface area (Å²) in [5.41, 5.74) is 1.04. The monoisotopic (exact) mass is 619 g/mol. The van der Waals surface area contributed by atoms with E-state index in [2.05, 4.69) is 21.2 Å². The molecule has 3 aromatic rings. The summed E-state index contributed by atoms with van der Waals surface area (Å²) in [4.78, 5) is 28.3. The smallest absolute Gasteiger partial charge is 0.264 e. The topological polar surface area (TPSA) is 86.8 Å². The molecular formula is C28H31BrClN3O4S. The van der Waals surface area contributed by atoms with Gasteiger partial charge in [0, 0.05) is 22.6 Å². The summed E-state index contributed by atoms with van der Waals surface area (Å²) < 4.78 is 29.3. The second-order valence-corrected chi connectivity index (χ2v) is 12.5. The number of amides is 2. The zero-order valence-electron chi connectivity index (χ0n) is 21.5. The minimum absolute atomic E-state index is 0.0370. The number of anilines is 1. The van der Waals surface area contributed by atoms with Crippen LogP contribution in [-0.2, 0) is 26.2 Å². The lowest BCUT2D eigenvalue weighted by Gasteiger charge is -2.32. The van der Waals surface area contributed by atoms with Crippen molar-refractivity contribution in [2.75, 3.05) is 17.4 Å². The van der Waals surface area contributed by atoms with E-state index in [1.54, 1.807) is 43.3 Å². The first-order valence-corrected chi connectivity index (χ1v) is 14.7.